The zero-order chi connectivity index (χ0) is 12.1. The third kappa shape index (κ3) is 3.43. The molecule has 0 aliphatic rings. The van der Waals surface area contributed by atoms with Crippen LogP contribution in [0.3, 0.4) is 0 Å². The van der Waals surface area contributed by atoms with Crippen LogP contribution in [0.2, 0.25) is 0 Å². The zero-order valence-electron chi connectivity index (χ0n) is 10.00. The van der Waals surface area contributed by atoms with Crippen molar-refractivity contribution in [2.45, 2.75) is 6.92 Å². The lowest BCUT2D eigenvalue weighted by Gasteiger charge is -2.14. The molecular weight excluding hydrogens is 206 g/mol. The first kappa shape index (κ1) is 12.3. The van der Waals surface area contributed by atoms with Crippen LogP contribution in [0.5, 0.6) is 5.75 Å². The lowest BCUT2D eigenvalue weighted by atomic mass is 10.2. The van der Waals surface area contributed by atoms with E-state index in [9.17, 15) is 4.79 Å². The van der Waals surface area contributed by atoms with Crippen LogP contribution in [0.4, 0.5) is 10.5 Å². The summed E-state index contributed by atoms with van der Waals surface area (Å²) in [7, 11) is 5.09. The molecule has 1 aromatic rings. The number of nitrogens with one attached hydrogen (secondary N) is 2. The van der Waals surface area contributed by atoms with Crippen molar-refractivity contribution in [1.82, 2.24) is 10.4 Å². The lowest BCUT2D eigenvalue weighted by molar-refractivity contribution is 0.224. The van der Waals surface area contributed by atoms with E-state index >= 15 is 0 Å². The largest absolute Gasteiger partial charge is 0.497 e. The zero-order valence-corrected chi connectivity index (χ0v) is 10.00. The Bertz CT molecular complexity index is 377. The second-order valence-corrected chi connectivity index (χ2v) is 3.64. The summed E-state index contributed by atoms with van der Waals surface area (Å²) >= 11 is 0. The van der Waals surface area contributed by atoms with E-state index in [1.807, 2.05) is 19.1 Å². The third-order valence-electron chi connectivity index (χ3n) is 2.02. The van der Waals surface area contributed by atoms with Gasteiger partial charge >= 0.3 is 6.03 Å². The maximum absolute atomic E-state index is 11.5. The maximum Gasteiger partial charge on any atom is 0.333 e. The van der Waals surface area contributed by atoms with Gasteiger partial charge in [-0.2, -0.15) is 0 Å². The van der Waals surface area contributed by atoms with Crippen LogP contribution in [-0.4, -0.2) is 32.2 Å². The highest BCUT2D eigenvalue weighted by Crippen LogP contribution is 2.21. The fraction of sp³-hybridized carbons (Fsp3) is 0.364. The molecular formula is C11H17N3O2. The molecule has 0 aromatic heterocycles. The van der Waals surface area contributed by atoms with Crippen LogP contribution in [0, 0.1) is 6.92 Å². The number of nitrogens with zero attached hydrogens (tertiary/aromatic N) is 1. The maximum atomic E-state index is 11.5. The predicted molar refractivity (Wildman–Crippen MR) is 63.6 cm³/mol. The number of amides is 2. The summed E-state index contributed by atoms with van der Waals surface area (Å²) in [5.74, 6) is 0.714. The number of anilines is 1. The first-order chi connectivity index (χ1) is 7.52. The van der Waals surface area contributed by atoms with Gasteiger partial charge in [-0.05, 0) is 18.6 Å². The summed E-state index contributed by atoms with van der Waals surface area (Å²) in [5.41, 5.74) is 4.31. The van der Waals surface area contributed by atoms with Crippen LogP contribution in [0.15, 0.2) is 18.2 Å². The van der Waals surface area contributed by atoms with Crippen LogP contribution < -0.4 is 15.5 Å². The molecule has 0 fully saturated rings. The van der Waals surface area contributed by atoms with Crippen molar-refractivity contribution < 1.29 is 9.53 Å². The number of methoxy groups -OCH3 is 1. The average molecular weight is 223 g/mol. The summed E-state index contributed by atoms with van der Waals surface area (Å²) in [4.78, 5) is 11.5. The van der Waals surface area contributed by atoms with Crippen molar-refractivity contribution in [3.8, 4) is 5.75 Å². The Morgan fingerprint density at radius 2 is 2.06 bits per heavy atom. The van der Waals surface area contributed by atoms with Crippen molar-refractivity contribution in [3.05, 3.63) is 23.8 Å². The number of ether oxygens (including phenoxy) is 1. The van der Waals surface area contributed by atoms with Crippen LogP contribution in [0.1, 0.15) is 5.56 Å². The van der Waals surface area contributed by atoms with Crippen molar-refractivity contribution in [3.63, 3.8) is 0 Å². The van der Waals surface area contributed by atoms with Crippen molar-refractivity contribution in [1.29, 1.82) is 0 Å². The van der Waals surface area contributed by atoms with Crippen molar-refractivity contribution in [2.24, 2.45) is 0 Å². The van der Waals surface area contributed by atoms with Gasteiger partial charge in [0.25, 0.3) is 0 Å². The standard InChI is InChI=1S/C11H17N3O2/c1-8-5-6-9(16-4)7-10(8)12-11(15)13-14(2)3/h5-7H,1-4H3,(H2,12,13,15). The van der Waals surface area contributed by atoms with Gasteiger partial charge in [0.2, 0.25) is 0 Å². The number of rotatable bonds is 3. The first-order valence-corrected chi connectivity index (χ1v) is 4.92. The average Bonchev–Trinajstić information content (AvgIpc) is 2.20. The van der Waals surface area contributed by atoms with E-state index in [4.69, 9.17) is 4.74 Å². The molecule has 0 radical (unpaired) electrons. The van der Waals surface area contributed by atoms with E-state index in [0.717, 1.165) is 11.3 Å². The molecule has 2 amide bonds. The third-order valence-corrected chi connectivity index (χ3v) is 2.02. The van der Waals surface area contributed by atoms with Gasteiger partial charge in [-0.1, -0.05) is 6.07 Å². The Kier molecular flexibility index (Phi) is 4.13. The monoisotopic (exact) mass is 223 g/mol. The number of hydrogen-bond acceptors (Lipinski definition) is 3. The van der Waals surface area contributed by atoms with Gasteiger partial charge in [0.05, 0.1) is 7.11 Å². The van der Waals surface area contributed by atoms with Crippen LogP contribution in [-0.2, 0) is 0 Å². The number of benzene rings is 1. The Hall–Kier alpha value is -1.75. The summed E-state index contributed by atoms with van der Waals surface area (Å²) in [6, 6.07) is 5.25. The fourth-order valence-corrected chi connectivity index (χ4v) is 1.22. The quantitative estimate of drug-likeness (QED) is 0.765. The second-order valence-electron chi connectivity index (χ2n) is 3.64. The van der Waals surface area contributed by atoms with Gasteiger partial charge in [-0.25, -0.2) is 9.80 Å². The molecule has 0 unspecified atom stereocenters. The molecule has 0 aliphatic heterocycles. The Morgan fingerprint density at radius 3 is 2.62 bits per heavy atom. The summed E-state index contributed by atoms with van der Waals surface area (Å²) < 4.78 is 5.09. The van der Waals surface area contributed by atoms with Gasteiger partial charge in [0.15, 0.2) is 0 Å². The van der Waals surface area contributed by atoms with Crippen molar-refractivity contribution >= 4 is 11.7 Å². The molecule has 16 heavy (non-hydrogen) atoms. The summed E-state index contributed by atoms with van der Waals surface area (Å²) in [6.07, 6.45) is 0. The highest BCUT2D eigenvalue weighted by molar-refractivity contribution is 5.89. The topological polar surface area (TPSA) is 53.6 Å². The Labute approximate surface area is 95.4 Å². The smallest absolute Gasteiger partial charge is 0.333 e. The number of hydrazine groups is 1. The fourth-order valence-electron chi connectivity index (χ4n) is 1.22. The molecule has 0 atom stereocenters. The number of aryl methyl sites for hydroxylation is 1. The Balaban J connectivity index is 2.75. The first-order valence-electron chi connectivity index (χ1n) is 4.92. The lowest BCUT2D eigenvalue weighted by Crippen LogP contribution is -2.39. The molecule has 0 bridgehead atoms. The molecule has 0 heterocycles. The molecule has 2 N–H and O–H groups in total. The van der Waals surface area contributed by atoms with E-state index in [1.54, 1.807) is 32.3 Å². The molecule has 0 saturated heterocycles. The molecule has 0 saturated carbocycles. The van der Waals surface area contributed by atoms with E-state index in [0.29, 0.717) is 5.75 Å². The molecule has 1 aromatic carbocycles. The molecule has 0 spiro atoms. The highest BCUT2D eigenvalue weighted by atomic mass is 16.5. The van der Waals surface area contributed by atoms with Crippen LogP contribution >= 0.6 is 0 Å². The number of hydrogen-bond donors (Lipinski definition) is 2. The van der Waals surface area contributed by atoms with E-state index in [2.05, 4.69) is 10.7 Å². The minimum Gasteiger partial charge on any atom is -0.497 e. The predicted octanol–water partition coefficient (Wildman–Crippen LogP) is 1.60. The normalized spacial score (nSPS) is 10.1. The van der Waals surface area contributed by atoms with Gasteiger partial charge in [0, 0.05) is 25.8 Å². The second kappa shape index (κ2) is 5.37. The molecule has 88 valence electrons. The van der Waals surface area contributed by atoms with Gasteiger partial charge in [-0.3, -0.25) is 5.43 Å². The Morgan fingerprint density at radius 1 is 1.38 bits per heavy atom. The van der Waals surface area contributed by atoms with Crippen molar-refractivity contribution in [2.75, 3.05) is 26.5 Å². The van der Waals surface area contributed by atoms with E-state index < -0.39 is 0 Å². The summed E-state index contributed by atoms with van der Waals surface area (Å²) in [5, 5.41) is 4.32. The highest BCUT2D eigenvalue weighted by Gasteiger charge is 2.05. The SMILES string of the molecule is COc1ccc(C)c(NC(=O)NN(C)C)c1. The number of urea groups is 1. The van der Waals surface area contributed by atoms with Gasteiger partial charge in [-0.15, -0.1) is 0 Å². The minimum atomic E-state index is -0.277. The molecule has 0 aliphatic carbocycles. The van der Waals surface area contributed by atoms with Gasteiger partial charge < -0.3 is 10.1 Å². The molecule has 5 nitrogen and oxygen atoms in total. The summed E-state index contributed by atoms with van der Waals surface area (Å²) in [6.45, 7) is 1.92. The minimum absolute atomic E-state index is 0.277. The molecule has 5 heteroatoms. The van der Waals surface area contributed by atoms with Crippen LogP contribution in [0.25, 0.3) is 0 Å². The number of carbonyl (C=O) groups is 1. The molecule has 1 rings (SSSR count). The van der Waals surface area contributed by atoms with Gasteiger partial charge in [0.1, 0.15) is 5.75 Å². The van der Waals surface area contributed by atoms with E-state index in [1.165, 1.54) is 0 Å². The van der Waals surface area contributed by atoms with E-state index in [-0.39, 0.29) is 6.03 Å². The number of carbonyl (C=O) groups excluding carboxylic acids is 1.